The molecule has 78 valence electrons. The first-order valence-corrected chi connectivity index (χ1v) is 5.43. The van der Waals surface area contributed by atoms with E-state index in [1.807, 2.05) is 0 Å². The van der Waals surface area contributed by atoms with Gasteiger partial charge in [0.15, 0.2) is 0 Å². The van der Waals surface area contributed by atoms with Gasteiger partial charge in [0, 0.05) is 6.61 Å². The highest BCUT2D eigenvalue weighted by Gasteiger charge is 2.18. The van der Waals surface area contributed by atoms with Gasteiger partial charge in [-0.2, -0.15) is 0 Å². The molecule has 1 N–H and O–H groups in total. The molecule has 0 aliphatic heterocycles. The van der Waals surface area contributed by atoms with E-state index in [1.54, 1.807) is 0 Å². The molecule has 0 radical (unpaired) electrons. The van der Waals surface area contributed by atoms with Gasteiger partial charge in [-0.1, -0.05) is 38.8 Å². The van der Waals surface area contributed by atoms with Crippen LogP contribution in [-0.2, 0) is 0 Å². The van der Waals surface area contributed by atoms with E-state index >= 15 is 0 Å². The highest BCUT2D eigenvalue weighted by Crippen LogP contribution is 2.26. The third-order valence-corrected chi connectivity index (χ3v) is 2.80. The van der Waals surface area contributed by atoms with E-state index in [0.29, 0.717) is 18.4 Å². The van der Waals surface area contributed by atoms with Gasteiger partial charge in [-0.15, -0.1) is 0 Å². The molecule has 0 saturated heterocycles. The van der Waals surface area contributed by atoms with Crippen LogP contribution in [0.5, 0.6) is 0 Å². The molecule has 0 amide bonds. The molecule has 13 heavy (non-hydrogen) atoms. The molecule has 0 aromatic heterocycles. The highest BCUT2D eigenvalue weighted by atomic mass is 16.3. The van der Waals surface area contributed by atoms with Gasteiger partial charge >= 0.3 is 0 Å². The minimum absolute atomic E-state index is 0.311. The van der Waals surface area contributed by atoms with Crippen molar-refractivity contribution in [1.82, 2.24) is 0 Å². The monoisotopic (exact) mass is 184 g/mol. The zero-order chi connectivity index (χ0) is 10.3. The first kappa shape index (κ1) is 12.7. The summed E-state index contributed by atoms with van der Waals surface area (Å²) in [5, 5.41) is 9.26. The second-order valence-corrected chi connectivity index (χ2v) is 3.95. The van der Waals surface area contributed by atoms with Crippen molar-refractivity contribution in [3.8, 4) is 0 Å². The maximum absolute atomic E-state index is 9.26. The van der Waals surface area contributed by atoms with Gasteiger partial charge in [-0.25, -0.2) is 0 Å². The molecular weight excluding hydrogens is 160 g/mol. The third kappa shape index (κ3) is 4.47. The highest BCUT2D eigenvalue weighted by molar-refractivity contribution is 4.98. The molecule has 0 saturated carbocycles. The molecule has 1 nitrogen and oxygen atoms in total. The van der Waals surface area contributed by atoms with Crippen LogP contribution in [0.15, 0.2) is 12.2 Å². The summed E-state index contributed by atoms with van der Waals surface area (Å²) >= 11 is 0. The molecule has 0 heterocycles. The Labute approximate surface area is 82.9 Å². The maximum atomic E-state index is 9.26. The smallest absolute Gasteiger partial charge is 0.0464 e. The van der Waals surface area contributed by atoms with Crippen molar-refractivity contribution in [3.63, 3.8) is 0 Å². The van der Waals surface area contributed by atoms with Crippen molar-refractivity contribution >= 4 is 0 Å². The van der Waals surface area contributed by atoms with Gasteiger partial charge in [-0.05, 0) is 31.6 Å². The minimum atomic E-state index is 0.311. The van der Waals surface area contributed by atoms with Crippen molar-refractivity contribution in [1.29, 1.82) is 0 Å². The van der Waals surface area contributed by atoms with E-state index < -0.39 is 0 Å². The van der Waals surface area contributed by atoms with Crippen molar-refractivity contribution in [2.24, 2.45) is 11.8 Å². The fourth-order valence-electron chi connectivity index (χ4n) is 1.97. The Bertz CT molecular complexity index is 140. The Morgan fingerprint density at radius 1 is 1.38 bits per heavy atom. The molecule has 2 atom stereocenters. The lowest BCUT2D eigenvalue weighted by atomic mass is 9.82. The molecule has 0 aromatic rings. The Morgan fingerprint density at radius 3 is 2.31 bits per heavy atom. The molecule has 0 bridgehead atoms. The number of unbranched alkanes of at least 4 members (excludes halogenated alkanes) is 1. The number of rotatable bonds is 7. The molecule has 0 fully saturated rings. The van der Waals surface area contributed by atoms with Crippen LogP contribution in [0.1, 0.15) is 46.5 Å². The van der Waals surface area contributed by atoms with Crippen molar-refractivity contribution in [3.05, 3.63) is 12.2 Å². The van der Waals surface area contributed by atoms with Gasteiger partial charge in [0.25, 0.3) is 0 Å². The zero-order valence-corrected chi connectivity index (χ0v) is 9.34. The van der Waals surface area contributed by atoms with E-state index in [0.717, 1.165) is 12.8 Å². The predicted octanol–water partition coefficient (Wildman–Crippen LogP) is 3.39. The topological polar surface area (TPSA) is 20.2 Å². The van der Waals surface area contributed by atoms with E-state index in [2.05, 4.69) is 27.4 Å². The number of allylic oxidation sites excluding steroid dienone is 1. The van der Waals surface area contributed by atoms with E-state index in [4.69, 9.17) is 0 Å². The minimum Gasteiger partial charge on any atom is -0.396 e. The number of hydrogen-bond acceptors (Lipinski definition) is 1. The van der Waals surface area contributed by atoms with Crippen LogP contribution in [0, 0.1) is 11.8 Å². The summed E-state index contributed by atoms with van der Waals surface area (Å²) in [4.78, 5) is 0. The predicted molar refractivity (Wildman–Crippen MR) is 58.7 cm³/mol. The van der Waals surface area contributed by atoms with Crippen LogP contribution in [0.25, 0.3) is 0 Å². The van der Waals surface area contributed by atoms with Crippen LogP contribution in [0.4, 0.5) is 0 Å². The lowest BCUT2D eigenvalue weighted by Gasteiger charge is -2.24. The summed E-state index contributed by atoms with van der Waals surface area (Å²) in [5.41, 5.74) is 1.22. The summed E-state index contributed by atoms with van der Waals surface area (Å²) in [6, 6.07) is 0. The molecule has 0 spiro atoms. The lowest BCUT2D eigenvalue weighted by Crippen LogP contribution is -2.18. The summed E-state index contributed by atoms with van der Waals surface area (Å²) < 4.78 is 0. The zero-order valence-electron chi connectivity index (χ0n) is 9.34. The Hall–Kier alpha value is -0.300. The fourth-order valence-corrected chi connectivity index (χ4v) is 1.97. The molecule has 1 heteroatoms. The average Bonchev–Trinajstić information content (AvgIpc) is 2.11. The maximum Gasteiger partial charge on any atom is 0.0464 e. The van der Waals surface area contributed by atoms with Gasteiger partial charge in [0.1, 0.15) is 0 Å². The number of aliphatic hydroxyl groups excluding tert-OH is 1. The van der Waals surface area contributed by atoms with E-state index in [9.17, 15) is 5.11 Å². The number of hydrogen-bond donors (Lipinski definition) is 1. The molecule has 2 unspecified atom stereocenters. The van der Waals surface area contributed by atoms with Crippen molar-refractivity contribution in [2.45, 2.75) is 46.5 Å². The number of aliphatic hydroxyl groups is 1. The largest absolute Gasteiger partial charge is 0.396 e. The third-order valence-electron chi connectivity index (χ3n) is 2.80. The SMILES string of the molecule is C=C(C)C(CC)C(CO)CCCC. The quantitative estimate of drug-likeness (QED) is 0.601. The Morgan fingerprint density at radius 2 is 2.00 bits per heavy atom. The van der Waals surface area contributed by atoms with Crippen LogP contribution < -0.4 is 0 Å². The summed E-state index contributed by atoms with van der Waals surface area (Å²) in [6.07, 6.45) is 4.67. The molecule has 0 aliphatic rings. The first-order valence-electron chi connectivity index (χ1n) is 5.43. The summed E-state index contributed by atoms with van der Waals surface area (Å²) in [6.45, 7) is 10.7. The molecular formula is C12H24O. The standard InChI is InChI=1S/C12H24O/c1-5-7-8-11(9-13)12(6-2)10(3)4/h11-13H,3,5-9H2,1-2,4H3. The Kier molecular flexibility index (Phi) is 6.97. The molecule has 0 aromatic carbocycles. The lowest BCUT2D eigenvalue weighted by molar-refractivity contribution is 0.176. The first-order chi connectivity index (χ1) is 6.17. The van der Waals surface area contributed by atoms with Crippen LogP contribution >= 0.6 is 0 Å². The van der Waals surface area contributed by atoms with Gasteiger partial charge < -0.3 is 5.11 Å². The van der Waals surface area contributed by atoms with E-state index in [-0.39, 0.29) is 0 Å². The summed E-state index contributed by atoms with van der Waals surface area (Å²) in [7, 11) is 0. The average molecular weight is 184 g/mol. The van der Waals surface area contributed by atoms with Gasteiger partial charge in [0.05, 0.1) is 0 Å². The van der Waals surface area contributed by atoms with Gasteiger partial charge in [0.2, 0.25) is 0 Å². The van der Waals surface area contributed by atoms with Crippen molar-refractivity contribution < 1.29 is 5.11 Å². The normalized spacial score (nSPS) is 15.4. The molecule has 0 aliphatic carbocycles. The fraction of sp³-hybridized carbons (Fsp3) is 0.833. The van der Waals surface area contributed by atoms with Crippen LogP contribution in [0.3, 0.4) is 0 Å². The van der Waals surface area contributed by atoms with Crippen molar-refractivity contribution in [2.75, 3.05) is 6.61 Å². The second-order valence-electron chi connectivity index (χ2n) is 3.95. The van der Waals surface area contributed by atoms with E-state index in [1.165, 1.54) is 18.4 Å². The van der Waals surface area contributed by atoms with Crippen LogP contribution in [0.2, 0.25) is 0 Å². The summed E-state index contributed by atoms with van der Waals surface area (Å²) in [5.74, 6) is 0.944. The van der Waals surface area contributed by atoms with Gasteiger partial charge in [-0.3, -0.25) is 0 Å². The Balaban J connectivity index is 4.08. The second kappa shape index (κ2) is 7.14. The van der Waals surface area contributed by atoms with Crippen LogP contribution in [-0.4, -0.2) is 11.7 Å². The molecule has 0 rings (SSSR count).